The van der Waals surface area contributed by atoms with Crippen molar-refractivity contribution in [1.29, 1.82) is 0 Å². The van der Waals surface area contributed by atoms with Gasteiger partial charge in [0.15, 0.2) is 6.29 Å². The maximum Gasteiger partial charge on any atom is 0.158 e. The van der Waals surface area contributed by atoms with Crippen LogP contribution in [0.3, 0.4) is 0 Å². The molecule has 0 fully saturated rings. The third-order valence-corrected chi connectivity index (χ3v) is 3.13. The summed E-state index contributed by atoms with van der Waals surface area (Å²) in [5, 5.41) is 4.55. The van der Waals surface area contributed by atoms with Gasteiger partial charge < -0.3 is 19.8 Å². The number of hydrogen-bond acceptors (Lipinski definition) is 3. The van der Waals surface area contributed by atoms with Crippen LogP contribution in [0.15, 0.2) is 24.4 Å². The van der Waals surface area contributed by atoms with Gasteiger partial charge >= 0.3 is 0 Å². The van der Waals surface area contributed by atoms with E-state index in [9.17, 15) is 0 Å². The van der Waals surface area contributed by atoms with E-state index in [0.717, 1.165) is 30.4 Å². The molecule has 1 heterocycles. The van der Waals surface area contributed by atoms with Crippen LogP contribution in [0.2, 0.25) is 0 Å². The predicted octanol–water partition coefficient (Wildman–Crippen LogP) is 2.85. The maximum atomic E-state index is 5.51. The Kier molecular flexibility index (Phi) is 6.05. The largest absolute Gasteiger partial charge is 0.361 e. The third kappa shape index (κ3) is 4.34. The van der Waals surface area contributed by atoms with Crippen molar-refractivity contribution >= 4 is 10.9 Å². The van der Waals surface area contributed by atoms with E-state index in [1.54, 1.807) is 0 Å². The summed E-state index contributed by atoms with van der Waals surface area (Å²) in [7, 11) is 0. The van der Waals surface area contributed by atoms with Gasteiger partial charge in [-0.2, -0.15) is 0 Å². The molecule has 0 spiro atoms. The van der Waals surface area contributed by atoms with Crippen molar-refractivity contribution in [3.63, 3.8) is 0 Å². The monoisotopic (exact) mass is 275 g/mol. The van der Waals surface area contributed by atoms with Gasteiger partial charge in [0.25, 0.3) is 0 Å². The third-order valence-electron chi connectivity index (χ3n) is 3.13. The Balaban J connectivity index is 1.74. The highest BCUT2D eigenvalue weighted by molar-refractivity contribution is 5.79. The molecule has 0 atom stereocenters. The molecule has 0 saturated heterocycles. The molecule has 2 rings (SSSR count). The Morgan fingerprint density at radius 3 is 2.80 bits per heavy atom. The number of nitrogens with one attached hydrogen (secondary N) is 2. The van der Waals surface area contributed by atoms with Gasteiger partial charge in [-0.15, -0.1) is 0 Å². The molecule has 4 heteroatoms. The molecule has 0 aliphatic heterocycles. The number of H-pyrrole nitrogens is 1. The second-order valence-corrected chi connectivity index (χ2v) is 4.62. The van der Waals surface area contributed by atoms with Crippen LogP contribution < -0.4 is 5.32 Å². The van der Waals surface area contributed by atoms with Crippen molar-refractivity contribution in [1.82, 2.24) is 10.3 Å². The molecule has 0 aliphatic carbocycles. The van der Waals surface area contributed by atoms with E-state index in [4.69, 9.17) is 9.47 Å². The first-order chi connectivity index (χ1) is 9.83. The van der Waals surface area contributed by atoms with Crippen molar-refractivity contribution in [2.75, 3.05) is 19.8 Å². The Bertz CT molecular complexity index is 504. The fraction of sp³-hybridized carbons (Fsp3) is 0.500. The molecule has 2 N–H and O–H groups in total. The normalized spacial score (nSPS) is 11.6. The van der Waals surface area contributed by atoms with Crippen molar-refractivity contribution in [3.05, 3.63) is 36.0 Å². The van der Waals surface area contributed by atoms with Gasteiger partial charge in [0.05, 0.1) is 0 Å². The highest BCUT2D eigenvalue weighted by Crippen LogP contribution is 2.13. The second-order valence-electron chi connectivity index (χ2n) is 4.62. The van der Waals surface area contributed by atoms with Crippen LogP contribution in [0.25, 0.3) is 10.9 Å². The molecule has 1 aromatic carbocycles. The zero-order chi connectivity index (χ0) is 14.2. The molecule has 0 unspecified atom stereocenters. The maximum absolute atomic E-state index is 5.51. The minimum absolute atomic E-state index is 0.0991. The van der Waals surface area contributed by atoms with E-state index < -0.39 is 0 Å². The molecule has 0 amide bonds. The molecule has 20 heavy (non-hydrogen) atoms. The van der Waals surface area contributed by atoms with Gasteiger partial charge in [-0.25, -0.2) is 0 Å². The first-order valence-electron chi connectivity index (χ1n) is 7.25. The number of aromatic nitrogens is 1. The van der Waals surface area contributed by atoms with Gasteiger partial charge in [-0.05, 0) is 25.5 Å². The molecule has 0 bridgehead atoms. The van der Waals surface area contributed by atoms with E-state index >= 15 is 0 Å². The fourth-order valence-electron chi connectivity index (χ4n) is 2.18. The Labute approximate surface area is 120 Å². The molecule has 4 nitrogen and oxygen atoms in total. The second kappa shape index (κ2) is 8.04. The van der Waals surface area contributed by atoms with Crippen LogP contribution in [0.4, 0.5) is 0 Å². The van der Waals surface area contributed by atoms with E-state index in [-0.39, 0.29) is 6.29 Å². The molecule has 109 valence electrons. The topological polar surface area (TPSA) is 46.3 Å². The average molecular weight is 275 g/mol. The van der Waals surface area contributed by atoms with Crippen molar-refractivity contribution in [2.45, 2.75) is 33.1 Å². The molecular formula is C16H23N2O2. The highest BCUT2D eigenvalue weighted by atomic mass is 16.7. The summed E-state index contributed by atoms with van der Waals surface area (Å²) in [5.74, 6) is 0. The highest BCUT2D eigenvalue weighted by Gasteiger charge is 2.06. The standard InChI is InChI=1S/C16H23N2O2/c1-3-19-16(20-4-2)8-9-17-12-13-5-6-14-7-10-18-15(14)11-13/h5-6,10-11,16-18H,3-4,8-9,12H2,1-2H3. The SMILES string of the molecule is CCOC(CCNCc1ccc2[c]c[nH]c2c1)OCC. The summed E-state index contributed by atoms with van der Waals surface area (Å²) in [4.78, 5) is 3.18. The summed E-state index contributed by atoms with van der Waals surface area (Å²) < 4.78 is 11.0. The lowest BCUT2D eigenvalue weighted by atomic mass is 10.1. The Morgan fingerprint density at radius 2 is 2.05 bits per heavy atom. The number of rotatable bonds is 9. The van der Waals surface area contributed by atoms with E-state index in [1.807, 2.05) is 20.0 Å². The zero-order valence-corrected chi connectivity index (χ0v) is 12.2. The molecule has 0 aliphatic rings. The lowest BCUT2D eigenvalue weighted by Gasteiger charge is -2.17. The van der Waals surface area contributed by atoms with E-state index in [0.29, 0.717) is 13.2 Å². The summed E-state index contributed by atoms with van der Waals surface area (Å²) in [6.07, 6.45) is 2.61. The Morgan fingerprint density at radius 1 is 1.25 bits per heavy atom. The van der Waals surface area contributed by atoms with Gasteiger partial charge in [-0.3, -0.25) is 0 Å². The first-order valence-corrected chi connectivity index (χ1v) is 7.25. The van der Waals surface area contributed by atoms with Gasteiger partial charge in [0, 0.05) is 55.9 Å². The predicted molar refractivity (Wildman–Crippen MR) is 80.5 cm³/mol. The molecule has 1 radical (unpaired) electrons. The lowest BCUT2D eigenvalue weighted by Crippen LogP contribution is -2.24. The van der Waals surface area contributed by atoms with Crippen molar-refractivity contribution in [3.8, 4) is 0 Å². The fourth-order valence-corrected chi connectivity index (χ4v) is 2.18. The van der Waals surface area contributed by atoms with Crippen LogP contribution in [0, 0.1) is 6.07 Å². The Hall–Kier alpha value is -1.36. The molecule has 2 aromatic rings. The van der Waals surface area contributed by atoms with Crippen LogP contribution in [-0.4, -0.2) is 31.0 Å². The van der Waals surface area contributed by atoms with Crippen LogP contribution in [0.5, 0.6) is 0 Å². The average Bonchev–Trinajstić information content (AvgIpc) is 2.91. The molecular weight excluding hydrogens is 252 g/mol. The van der Waals surface area contributed by atoms with Crippen LogP contribution in [0.1, 0.15) is 25.8 Å². The van der Waals surface area contributed by atoms with Crippen molar-refractivity contribution < 1.29 is 9.47 Å². The smallest absolute Gasteiger partial charge is 0.158 e. The van der Waals surface area contributed by atoms with Crippen LogP contribution >= 0.6 is 0 Å². The first kappa shape index (κ1) is 15.0. The number of aromatic amines is 1. The van der Waals surface area contributed by atoms with Gasteiger partial charge in [0.1, 0.15) is 0 Å². The van der Waals surface area contributed by atoms with Crippen LogP contribution in [-0.2, 0) is 16.0 Å². The van der Waals surface area contributed by atoms with Gasteiger partial charge in [0.2, 0.25) is 0 Å². The van der Waals surface area contributed by atoms with E-state index in [2.05, 4.69) is 34.6 Å². The summed E-state index contributed by atoms with van der Waals surface area (Å²) >= 11 is 0. The summed E-state index contributed by atoms with van der Waals surface area (Å²) in [6.45, 7) is 7.07. The summed E-state index contributed by atoms with van der Waals surface area (Å²) in [6, 6.07) is 9.52. The van der Waals surface area contributed by atoms with Crippen molar-refractivity contribution in [2.24, 2.45) is 0 Å². The molecule has 0 saturated carbocycles. The number of benzene rings is 1. The van der Waals surface area contributed by atoms with Gasteiger partial charge in [-0.1, -0.05) is 12.1 Å². The zero-order valence-electron chi connectivity index (χ0n) is 12.2. The minimum atomic E-state index is -0.0991. The number of fused-ring (bicyclic) bond motifs is 1. The quantitative estimate of drug-likeness (QED) is 0.546. The number of ether oxygens (including phenoxy) is 2. The molecule has 1 aromatic heterocycles. The summed E-state index contributed by atoms with van der Waals surface area (Å²) in [5.41, 5.74) is 2.39. The lowest BCUT2D eigenvalue weighted by molar-refractivity contribution is -0.138. The van der Waals surface area contributed by atoms with E-state index in [1.165, 1.54) is 5.56 Å². The minimum Gasteiger partial charge on any atom is -0.361 e. The number of hydrogen-bond donors (Lipinski definition) is 2.